The lowest BCUT2D eigenvalue weighted by Gasteiger charge is -2.12. The van der Waals surface area contributed by atoms with Crippen LogP contribution in [-0.4, -0.2) is 26.4 Å². The van der Waals surface area contributed by atoms with E-state index in [-0.39, 0.29) is 12.7 Å². The zero-order valence-electron chi connectivity index (χ0n) is 17.3. The van der Waals surface area contributed by atoms with Gasteiger partial charge in [0.1, 0.15) is 12.4 Å². The Hall–Kier alpha value is -3.87. The Balaban J connectivity index is 1.41. The molecule has 0 saturated carbocycles. The minimum absolute atomic E-state index is 0.223. The van der Waals surface area contributed by atoms with Gasteiger partial charge in [-0.1, -0.05) is 12.1 Å². The van der Waals surface area contributed by atoms with Crippen molar-refractivity contribution in [3.05, 3.63) is 71.8 Å². The van der Waals surface area contributed by atoms with Gasteiger partial charge in [0.2, 0.25) is 6.79 Å². The monoisotopic (exact) mass is 421 g/mol. The summed E-state index contributed by atoms with van der Waals surface area (Å²) in [7, 11) is 1.56. The van der Waals surface area contributed by atoms with E-state index in [2.05, 4.69) is 5.32 Å². The summed E-state index contributed by atoms with van der Waals surface area (Å²) in [6, 6.07) is 18.0. The molecule has 160 valence electrons. The van der Waals surface area contributed by atoms with Gasteiger partial charge in [0.05, 0.1) is 13.7 Å². The first kappa shape index (κ1) is 20.4. The molecule has 31 heavy (non-hydrogen) atoms. The number of amides is 1. The number of ether oxygens (including phenoxy) is 5. The van der Waals surface area contributed by atoms with Crippen molar-refractivity contribution in [1.82, 2.24) is 0 Å². The lowest BCUT2D eigenvalue weighted by Crippen LogP contribution is -2.12. The van der Waals surface area contributed by atoms with E-state index in [0.29, 0.717) is 53.2 Å². The Morgan fingerprint density at radius 1 is 0.968 bits per heavy atom. The van der Waals surface area contributed by atoms with Crippen LogP contribution in [0.4, 0.5) is 5.69 Å². The molecule has 0 unspecified atom stereocenters. The summed E-state index contributed by atoms with van der Waals surface area (Å²) < 4.78 is 27.3. The molecule has 7 nitrogen and oxygen atoms in total. The Kier molecular flexibility index (Phi) is 6.12. The topological polar surface area (TPSA) is 75.3 Å². The highest BCUT2D eigenvalue weighted by atomic mass is 16.7. The number of hydrogen-bond donors (Lipinski definition) is 1. The zero-order valence-corrected chi connectivity index (χ0v) is 17.3. The Labute approximate surface area is 180 Å². The molecule has 0 saturated heterocycles. The first-order valence-electron chi connectivity index (χ1n) is 9.90. The van der Waals surface area contributed by atoms with Crippen LogP contribution in [0.5, 0.6) is 28.7 Å². The normalized spacial score (nSPS) is 11.7. The van der Waals surface area contributed by atoms with Crippen molar-refractivity contribution in [2.45, 2.75) is 13.5 Å². The minimum atomic E-state index is -0.238. The molecule has 1 N–H and O–H groups in total. The molecule has 0 aliphatic carbocycles. The molecule has 1 aliphatic heterocycles. The average Bonchev–Trinajstić information content (AvgIpc) is 3.26. The highest BCUT2D eigenvalue weighted by molar-refractivity contribution is 6.04. The van der Waals surface area contributed by atoms with E-state index < -0.39 is 0 Å². The van der Waals surface area contributed by atoms with Gasteiger partial charge in [-0.3, -0.25) is 4.79 Å². The molecule has 4 rings (SSSR count). The fourth-order valence-electron chi connectivity index (χ4n) is 3.16. The van der Waals surface area contributed by atoms with Crippen LogP contribution in [0.25, 0.3) is 0 Å². The molecule has 1 heterocycles. The average molecular weight is 421 g/mol. The number of anilines is 1. The fraction of sp³-hybridized carbons (Fsp3) is 0.208. The third kappa shape index (κ3) is 4.83. The largest absolute Gasteiger partial charge is 0.493 e. The van der Waals surface area contributed by atoms with Crippen LogP contribution in [-0.2, 0) is 6.61 Å². The van der Waals surface area contributed by atoms with Gasteiger partial charge >= 0.3 is 0 Å². The summed E-state index contributed by atoms with van der Waals surface area (Å²) in [5.74, 6) is 2.94. The lowest BCUT2D eigenvalue weighted by atomic mass is 10.1. The molecule has 3 aromatic carbocycles. The number of carbonyl (C=O) groups excluding carboxylic acids is 1. The van der Waals surface area contributed by atoms with Gasteiger partial charge in [0, 0.05) is 17.3 Å². The van der Waals surface area contributed by atoms with Crippen molar-refractivity contribution < 1.29 is 28.5 Å². The van der Waals surface area contributed by atoms with Crippen LogP contribution < -0.4 is 29.0 Å². The van der Waals surface area contributed by atoms with Crippen LogP contribution in [0.3, 0.4) is 0 Å². The van der Waals surface area contributed by atoms with Crippen LogP contribution in [0.2, 0.25) is 0 Å². The number of nitrogens with one attached hydrogen (secondary N) is 1. The third-order valence-corrected chi connectivity index (χ3v) is 4.66. The molecule has 0 spiro atoms. The number of rotatable bonds is 8. The van der Waals surface area contributed by atoms with E-state index in [1.54, 1.807) is 31.4 Å². The number of methoxy groups -OCH3 is 1. The fourth-order valence-corrected chi connectivity index (χ4v) is 3.16. The van der Waals surface area contributed by atoms with Crippen molar-refractivity contribution in [1.29, 1.82) is 0 Å². The Morgan fingerprint density at radius 2 is 1.84 bits per heavy atom. The van der Waals surface area contributed by atoms with E-state index in [1.807, 2.05) is 43.3 Å². The van der Waals surface area contributed by atoms with Gasteiger partial charge in [0.15, 0.2) is 23.0 Å². The predicted molar refractivity (Wildman–Crippen MR) is 115 cm³/mol. The van der Waals surface area contributed by atoms with Gasteiger partial charge < -0.3 is 29.0 Å². The van der Waals surface area contributed by atoms with Crippen LogP contribution >= 0.6 is 0 Å². The predicted octanol–water partition coefficient (Wildman–Crippen LogP) is 4.65. The molecular formula is C24H23NO6. The summed E-state index contributed by atoms with van der Waals surface area (Å²) in [6.07, 6.45) is 0. The van der Waals surface area contributed by atoms with Crippen molar-refractivity contribution in [2.75, 3.05) is 25.8 Å². The summed E-state index contributed by atoms with van der Waals surface area (Å²) in [6.45, 7) is 2.93. The number of benzene rings is 3. The quantitative estimate of drug-likeness (QED) is 0.571. The third-order valence-electron chi connectivity index (χ3n) is 4.66. The van der Waals surface area contributed by atoms with E-state index in [9.17, 15) is 4.79 Å². The summed E-state index contributed by atoms with van der Waals surface area (Å²) >= 11 is 0. The van der Waals surface area contributed by atoms with Crippen LogP contribution in [0.1, 0.15) is 22.8 Å². The van der Waals surface area contributed by atoms with E-state index in [1.165, 1.54) is 0 Å². The molecule has 0 bridgehead atoms. The highest BCUT2D eigenvalue weighted by Crippen LogP contribution is 2.35. The van der Waals surface area contributed by atoms with Gasteiger partial charge in [-0.05, 0) is 55.0 Å². The maximum absolute atomic E-state index is 12.7. The van der Waals surface area contributed by atoms with Gasteiger partial charge in [-0.25, -0.2) is 0 Å². The number of fused-ring (bicyclic) bond motifs is 1. The highest BCUT2D eigenvalue weighted by Gasteiger charge is 2.14. The van der Waals surface area contributed by atoms with Crippen molar-refractivity contribution >= 4 is 11.6 Å². The number of hydrogen-bond acceptors (Lipinski definition) is 6. The van der Waals surface area contributed by atoms with Crippen molar-refractivity contribution in [3.8, 4) is 28.7 Å². The minimum Gasteiger partial charge on any atom is -0.493 e. The molecule has 3 aromatic rings. The second-order valence-electron chi connectivity index (χ2n) is 6.76. The van der Waals surface area contributed by atoms with Gasteiger partial charge in [-0.2, -0.15) is 0 Å². The second kappa shape index (κ2) is 9.30. The molecule has 1 aliphatic rings. The standard InChI is InChI=1S/C24H23NO6/c1-3-28-22-12-17(7-9-20(22)27-2)24(26)25-18-6-4-5-16(11-18)14-29-19-8-10-21-23(13-19)31-15-30-21/h4-13H,3,14-15H2,1-2H3,(H,25,26). The molecule has 0 aromatic heterocycles. The Morgan fingerprint density at radius 3 is 2.68 bits per heavy atom. The first-order valence-corrected chi connectivity index (χ1v) is 9.90. The molecule has 7 heteroatoms. The first-order chi connectivity index (χ1) is 15.2. The SMILES string of the molecule is CCOc1cc(C(=O)Nc2cccc(COc3ccc4c(c3)OCO4)c2)ccc1OC. The van der Waals surface area contributed by atoms with Gasteiger partial charge in [0.25, 0.3) is 5.91 Å². The van der Waals surface area contributed by atoms with E-state index in [4.69, 9.17) is 23.7 Å². The van der Waals surface area contributed by atoms with E-state index in [0.717, 1.165) is 5.56 Å². The maximum atomic E-state index is 12.7. The van der Waals surface area contributed by atoms with Crippen LogP contribution in [0, 0.1) is 0 Å². The molecular weight excluding hydrogens is 398 g/mol. The van der Waals surface area contributed by atoms with Crippen molar-refractivity contribution in [3.63, 3.8) is 0 Å². The van der Waals surface area contributed by atoms with Crippen molar-refractivity contribution in [2.24, 2.45) is 0 Å². The Bertz CT molecular complexity index is 1080. The maximum Gasteiger partial charge on any atom is 0.255 e. The van der Waals surface area contributed by atoms with E-state index >= 15 is 0 Å². The number of carbonyl (C=O) groups is 1. The summed E-state index contributed by atoms with van der Waals surface area (Å²) in [4.78, 5) is 12.7. The molecule has 0 fully saturated rings. The van der Waals surface area contributed by atoms with Crippen LogP contribution in [0.15, 0.2) is 60.7 Å². The summed E-state index contributed by atoms with van der Waals surface area (Å²) in [5.41, 5.74) is 2.07. The molecule has 0 atom stereocenters. The lowest BCUT2D eigenvalue weighted by molar-refractivity contribution is 0.102. The smallest absolute Gasteiger partial charge is 0.255 e. The second-order valence-corrected chi connectivity index (χ2v) is 6.76. The zero-order chi connectivity index (χ0) is 21.6. The summed E-state index contributed by atoms with van der Waals surface area (Å²) in [5, 5.41) is 2.91. The molecule has 1 amide bonds. The molecule has 0 radical (unpaired) electrons. The van der Waals surface area contributed by atoms with Gasteiger partial charge in [-0.15, -0.1) is 0 Å².